The molecule has 0 unspecified atom stereocenters. The molecule has 0 spiro atoms. The monoisotopic (exact) mass is 267 g/mol. The van der Waals surface area contributed by atoms with E-state index in [1.807, 2.05) is 4.90 Å². The largest absolute Gasteiger partial charge is 0.354 e. The van der Waals surface area contributed by atoms with Gasteiger partial charge in [0.1, 0.15) is 0 Å². The highest BCUT2D eigenvalue weighted by Crippen LogP contribution is 2.38. The van der Waals surface area contributed by atoms with Crippen LogP contribution in [0.3, 0.4) is 0 Å². The average molecular weight is 267 g/mol. The van der Waals surface area contributed by atoms with Crippen molar-refractivity contribution in [3.8, 4) is 0 Å². The van der Waals surface area contributed by atoms with Gasteiger partial charge in [0.15, 0.2) is 0 Å². The maximum Gasteiger partial charge on any atom is 0.223 e. The molecule has 0 bridgehead atoms. The van der Waals surface area contributed by atoms with Crippen molar-refractivity contribution in [3.63, 3.8) is 0 Å². The lowest BCUT2D eigenvalue weighted by Gasteiger charge is -2.37. The maximum atomic E-state index is 12.4. The second-order valence-electron chi connectivity index (χ2n) is 5.92. The summed E-state index contributed by atoms with van der Waals surface area (Å²) in [7, 11) is 0. The third-order valence-corrected chi connectivity index (χ3v) is 4.54. The number of nitrogens with two attached hydrogens (primary N) is 1. The maximum absolute atomic E-state index is 12.4. The van der Waals surface area contributed by atoms with Gasteiger partial charge in [0.05, 0.1) is 0 Å². The summed E-state index contributed by atoms with van der Waals surface area (Å²) in [6.07, 6.45) is 6.74. The third kappa shape index (κ3) is 3.69. The zero-order chi connectivity index (χ0) is 13.7. The lowest BCUT2D eigenvalue weighted by molar-refractivity contribution is -0.134. The molecular formula is C14H25N3O2. The number of hydrogen-bond acceptors (Lipinski definition) is 3. The molecule has 0 aromatic rings. The average Bonchev–Trinajstić information content (AvgIpc) is 2.64. The Kier molecular flexibility index (Phi) is 4.80. The van der Waals surface area contributed by atoms with Crippen LogP contribution in [0.1, 0.15) is 44.9 Å². The van der Waals surface area contributed by atoms with Crippen LogP contribution in [0.5, 0.6) is 0 Å². The molecule has 2 rings (SSSR count). The van der Waals surface area contributed by atoms with E-state index >= 15 is 0 Å². The van der Waals surface area contributed by atoms with Crippen molar-refractivity contribution in [2.75, 3.05) is 26.2 Å². The molecule has 19 heavy (non-hydrogen) atoms. The first-order chi connectivity index (χ1) is 9.15. The van der Waals surface area contributed by atoms with Crippen LogP contribution < -0.4 is 11.1 Å². The van der Waals surface area contributed by atoms with Gasteiger partial charge in [-0.25, -0.2) is 0 Å². The van der Waals surface area contributed by atoms with Crippen LogP contribution >= 0.6 is 0 Å². The van der Waals surface area contributed by atoms with E-state index in [0.717, 1.165) is 12.8 Å². The lowest BCUT2D eigenvalue weighted by Crippen LogP contribution is -2.41. The van der Waals surface area contributed by atoms with E-state index in [2.05, 4.69) is 5.32 Å². The molecule has 0 atom stereocenters. The minimum atomic E-state index is 0.0130. The molecule has 2 aliphatic rings. The fraction of sp³-hybridized carbons (Fsp3) is 0.857. The van der Waals surface area contributed by atoms with Gasteiger partial charge < -0.3 is 16.0 Å². The van der Waals surface area contributed by atoms with Crippen LogP contribution in [0.15, 0.2) is 0 Å². The molecule has 1 saturated carbocycles. The molecule has 1 aliphatic heterocycles. The van der Waals surface area contributed by atoms with Crippen LogP contribution in [0, 0.1) is 5.41 Å². The Bertz CT molecular complexity index is 338. The molecule has 1 heterocycles. The second-order valence-corrected chi connectivity index (χ2v) is 5.92. The fourth-order valence-electron chi connectivity index (χ4n) is 3.20. The summed E-state index contributed by atoms with van der Waals surface area (Å²) >= 11 is 0. The summed E-state index contributed by atoms with van der Waals surface area (Å²) < 4.78 is 0. The number of nitrogens with one attached hydrogen (secondary N) is 1. The first kappa shape index (κ1) is 14.3. The summed E-state index contributed by atoms with van der Waals surface area (Å²) in [6, 6.07) is 0. The molecule has 108 valence electrons. The van der Waals surface area contributed by atoms with E-state index in [1.165, 1.54) is 19.3 Å². The van der Waals surface area contributed by atoms with Gasteiger partial charge in [-0.15, -0.1) is 0 Å². The Labute approximate surface area is 114 Å². The number of amides is 2. The van der Waals surface area contributed by atoms with Gasteiger partial charge >= 0.3 is 0 Å². The number of rotatable bonds is 3. The molecule has 0 radical (unpaired) electrons. The van der Waals surface area contributed by atoms with Gasteiger partial charge in [-0.3, -0.25) is 9.59 Å². The molecule has 1 aliphatic carbocycles. The Morgan fingerprint density at radius 2 is 2.00 bits per heavy atom. The van der Waals surface area contributed by atoms with E-state index < -0.39 is 0 Å². The summed E-state index contributed by atoms with van der Waals surface area (Å²) in [6.45, 7) is 2.35. The second kappa shape index (κ2) is 6.37. The van der Waals surface area contributed by atoms with E-state index in [4.69, 9.17) is 5.73 Å². The van der Waals surface area contributed by atoms with Gasteiger partial charge in [0.2, 0.25) is 11.8 Å². The van der Waals surface area contributed by atoms with E-state index in [9.17, 15) is 9.59 Å². The molecular weight excluding hydrogens is 242 g/mol. The predicted octanol–water partition coefficient (Wildman–Crippen LogP) is 0.634. The van der Waals surface area contributed by atoms with E-state index in [1.54, 1.807) is 0 Å². The topological polar surface area (TPSA) is 75.4 Å². The van der Waals surface area contributed by atoms with Crippen molar-refractivity contribution >= 4 is 11.8 Å². The molecule has 3 N–H and O–H groups in total. The van der Waals surface area contributed by atoms with Gasteiger partial charge in [-0.05, 0) is 24.8 Å². The first-order valence-electron chi connectivity index (χ1n) is 7.40. The Morgan fingerprint density at radius 3 is 2.68 bits per heavy atom. The van der Waals surface area contributed by atoms with E-state index in [-0.39, 0.29) is 17.2 Å². The highest BCUT2D eigenvalue weighted by molar-refractivity contribution is 5.80. The summed E-state index contributed by atoms with van der Waals surface area (Å²) in [5.74, 6) is 0.213. The Balaban J connectivity index is 1.93. The molecule has 2 amide bonds. The summed E-state index contributed by atoms with van der Waals surface area (Å²) in [4.78, 5) is 25.5. The van der Waals surface area contributed by atoms with Gasteiger partial charge in [-0.1, -0.05) is 19.3 Å². The quantitative estimate of drug-likeness (QED) is 0.787. The van der Waals surface area contributed by atoms with Crippen LogP contribution in [-0.2, 0) is 9.59 Å². The van der Waals surface area contributed by atoms with Crippen LogP contribution in [0.4, 0.5) is 0 Å². The van der Waals surface area contributed by atoms with Crippen LogP contribution in [-0.4, -0.2) is 42.9 Å². The van der Waals surface area contributed by atoms with Gasteiger partial charge in [-0.2, -0.15) is 0 Å². The molecule has 5 heteroatoms. The van der Waals surface area contributed by atoms with Crippen molar-refractivity contribution in [2.45, 2.75) is 44.9 Å². The zero-order valence-corrected chi connectivity index (χ0v) is 11.6. The molecule has 0 aromatic carbocycles. The minimum Gasteiger partial charge on any atom is -0.354 e. The van der Waals surface area contributed by atoms with Crippen LogP contribution in [0.25, 0.3) is 0 Å². The van der Waals surface area contributed by atoms with Crippen molar-refractivity contribution in [3.05, 3.63) is 0 Å². The van der Waals surface area contributed by atoms with Crippen molar-refractivity contribution < 1.29 is 9.59 Å². The summed E-state index contributed by atoms with van der Waals surface area (Å²) in [5.41, 5.74) is 5.94. The first-order valence-corrected chi connectivity index (χ1v) is 7.40. The Hall–Kier alpha value is -1.10. The number of hydrogen-bond donors (Lipinski definition) is 2. The standard InChI is InChI=1S/C14H25N3O2/c15-11-14(5-2-1-3-6-14)10-13(19)17-8-4-12(18)16-7-9-17/h1-11,15H2,(H,16,18). The number of nitrogens with zero attached hydrogens (tertiary/aromatic N) is 1. The minimum absolute atomic E-state index is 0.0130. The van der Waals surface area contributed by atoms with Gasteiger partial charge in [0.25, 0.3) is 0 Å². The molecule has 2 fully saturated rings. The predicted molar refractivity (Wildman–Crippen MR) is 73.4 cm³/mol. The van der Waals surface area contributed by atoms with Crippen LogP contribution in [0.2, 0.25) is 0 Å². The van der Waals surface area contributed by atoms with Crippen molar-refractivity contribution in [1.82, 2.24) is 10.2 Å². The molecule has 5 nitrogen and oxygen atoms in total. The Morgan fingerprint density at radius 1 is 1.26 bits per heavy atom. The SMILES string of the molecule is NCC1(CC(=O)N2CCNC(=O)CC2)CCCCC1. The van der Waals surface area contributed by atoms with Crippen molar-refractivity contribution in [2.24, 2.45) is 11.1 Å². The van der Waals surface area contributed by atoms with Gasteiger partial charge in [0, 0.05) is 32.5 Å². The fourth-order valence-corrected chi connectivity index (χ4v) is 3.20. The normalized spacial score (nSPS) is 23.6. The number of carbonyl (C=O) groups excluding carboxylic acids is 2. The smallest absolute Gasteiger partial charge is 0.223 e. The van der Waals surface area contributed by atoms with Crippen molar-refractivity contribution in [1.29, 1.82) is 0 Å². The molecule has 0 aromatic heterocycles. The highest BCUT2D eigenvalue weighted by atomic mass is 16.2. The van der Waals surface area contributed by atoms with E-state index in [0.29, 0.717) is 39.0 Å². The molecule has 1 saturated heterocycles. The number of carbonyl (C=O) groups is 2. The third-order valence-electron chi connectivity index (χ3n) is 4.54. The lowest BCUT2D eigenvalue weighted by atomic mass is 9.71. The summed E-state index contributed by atoms with van der Waals surface area (Å²) in [5, 5.41) is 2.80. The zero-order valence-electron chi connectivity index (χ0n) is 11.6. The highest BCUT2D eigenvalue weighted by Gasteiger charge is 2.34.